The minimum Gasteiger partial charge on any atom is -1.00 e. The van der Waals surface area contributed by atoms with Crippen molar-refractivity contribution in [2.45, 2.75) is 36.9 Å². The maximum absolute atomic E-state index is 10.1. The van der Waals surface area contributed by atoms with Crippen LogP contribution in [0.15, 0.2) is 0 Å². The molecule has 160 valence electrons. The Balaban J connectivity index is -0.0000000192. The zero-order chi connectivity index (χ0) is 21.3. The van der Waals surface area contributed by atoms with E-state index >= 15 is 0 Å². The van der Waals surface area contributed by atoms with E-state index in [9.17, 15) is 59.4 Å². The summed E-state index contributed by atoms with van der Waals surface area (Å²) >= 11 is 0. The molecule has 2 N–H and O–H groups in total. The monoisotopic (exact) mass is 576 g/mol. The van der Waals surface area contributed by atoms with Crippen LogP contribution in [0.2, 0.25) is 0 Å². The Labute approximate surface area is 327 Å². The summed E-state index contributed by atoms with van der Waals surface area (Å²) in [7, 11) is 0. The largest absolute Gasteiger partial charge is 2.00 e. The molecule has 0 aromatic rings. The van der Waals surface area contributed by atoms with Crippen molar-refractivity contribution in [3.05, 3.63) is 0 Å². The molecule has 0 aromatic carbocycles. The molecule has 0 fully saturated rings. The second-order valence-corrected chi connectivity index (χ2v) is 4.83. The predicted molar refractivity (Wildman–Crippen MR) is 99.6 cm³/mol. The first-order chi connectivity index (χ1) is 11.6. The minimum atomic E-state index is -2.97. The molecular formula is C12H16Ca3Mg3O14. The van der Waals surface area contributed by atoms with Crippen molar-refractivity contribution in [2.75, 3.05) is 0 Å². The van der Waals surface area contributed by atoms with Gasteiger partial charge in [-0.3, -0.25) is 0 Å². The number of aliphatic carboxylic acids is 6. The second-order valence-electron chi connectivity index (χ2n) is 4.83. The normalized spacial score (nSPS) is 8.81. The van der Waals surface area contributed by atoms with Gasteiger partial charge in [0.05, 0.1) is 11.9 Å². The molecule has 32 heavy (non-hydrogen) atoms. The van der Waals surface area contributed by atoms with E-state index in [1.807, 2.05) is 0 Å². The van der Waals surface area contributed by atoms with E-state index in [0.29, 0.717) is 0 Å². The van der Waals surface area contributed by atoms with Crippen LogP contribution in [0.3, 0.4) is 0 Å². The molecule has 0 aromatic heterocycles. The summed E-state index contributed by atoms with van der Waals surface area (Å²) in [5.74, 6) is -12.0. The van der Waals surface area contributed by atoms with Crippen LogP contribution in [0.1, 0.15) is 34.2 Å². The van der Waals surface area contributed by atoms with E-state index in [1.165, 1.54) is 0 Å². The molecule has 0 aliphatic heterocycles. The molecule has 0 spiro atoms. The summed E-state index contributed by atoms with van der Waals surface area (Å²) in [6.07, 6.45) is -5.43. The molecule has 0 rings (SSSR count). The summed E-state index contributed by atoms with van der Waals surface area (Å²) in [5, 5.41) is 77.9. The third kappa shape index (κ3) is 27.4. The average molecular weight is 577 g/mol. The van der Waals surface area contributed by atoms with Crippen molar-refractivity contribution < 1.29 is 78.2 Å². The summed E-state index contributed by atoms with van der Waals surface area (Å²) in [6, 6.07) is 0. The molecule has 0 radical (unpaired) electrons. The number of carbonyl (C=O) groups excluding carboxylic acids is 6. The number of hydrogen-bond donors (Lipinski definition) is 2. The fourth-order valence-corrected chi connectivity index (χ4v) is 1.37. The third-order valence-corrected chi connectivity index (χ3v) is 2.51. The van der Waals surface area contributed by atoms with Crippen molar-refractivity contribution in [1.29, 1.82) is 0 Å². The minimum absolute atomic E-state index is 0. The summed E-state index contributed by atoms with van der Waals surface area (Å²) in [4.78, 5) is 60.0. The van der Waals surface area contributed by atoms with E-state index in [2.05, 4.69) is 0 Å². The zero-order valence-electron chi connectivity index (χ0n) is 22.9. The Morgan fingerprint density at radius 3 is 0.688 bits per heavy atom. The average Bonchev–Trinajstić information content (AvgIpc) is 2.34. The quantitative estimate of drug-likeness (QED) is 0.228. The van der Waals surface area contributed by atoms with Crippen LogP contribution < -0.4 is 30.6 Å². The van der Waals surface area contributed by atoms with Crippen LogP contribution in [0, 0.1) is 0 Å². The van der Waals surface area contributed by atoms with Gasteiger partial charge in [-0.2, -0.15) is 0 Å². The molecule has 20 heteroatoms. The van der Waals surface area contributed by atoms with Crippen LogP contribution in [0.25, 0.3) is 0 Å². The fraction of sp³-hybridized carbons (Fsp3) is 0.500. The molecule has 0 saturated carbocycles. The molecule has 14 nitrogen and oxygen atoms in total. The van der Waals surface area contributed by atoms with Crippen molar-refractivity contribution in [3.8, 4) is 0 Å². The van der Waals surface area contributed by atoms with Gasteiger partial charge in [-0.1, -0.05) is 0 Å². The number of carbonyl (C=O) groups is 6. The molecule has 0 aliphatic rings. The van der Waals surface area contributed by atoms with Crippen molar-refractivity contribution in [2.24, 2.45) is 0 Å². The first kappa shape index (κ1) is 55.4. The van der Waals surface area contributed by atoms with Crippen LogP contribution in [0.5, 0.6) is 0 Å². The molecular weight excluding hydrogens is 561 g/mol. The maximum Gasteiger partial charge on any atom is 2.00 e. The molecule has 0 bridgehead atoms. The second kappa shape index (κ2) is 26.9. The SMILES string of the molecule is O=C([O-])CC(O)(CC(=O)[O-])C(=O)[O-].O=C([O-])CC(O)(CC(=O)[O-])C(=O)[O-].[Ca+2].[Ca+2].[Ca+2].[H-].[H-].[H-].[H-].[H-].[H-].[Mg+2].[Mg+2].[Mg+2]. The van der Waals surface area contributed by atoms with Crippen LogP contribution in [-0.2, 0) is 28.8 Å². The van der Waals surface area contributed by atoms with E-state index in [1.54, 1.807) is 0 Å². The number of rotatable bonds is 10. The molecule has 0 amide bonds. The maximum atomic E-state index is 10.1. The number of carboxylic acid groups (broad SMARTS) is 6. The van der Waals surface area contributed by atoms with Crippen molar-refractivity contribution >= 4 is 218 Å². The predicted octanol–water partition coefficient (Wildman–Crippen LogP) is -12.1. The molecule has 0 aliphatic carbocycles. The van der Waals surface area contributed by atoms with Crippen molar-refractivity contribution in [3.63, 3.8) is 0 Å². The fourth-order valence-electron chi connectivity index (χ4n) is 1.37. The first-order valence-electron chi connectivity index (χ1n) is 6.23. The van der Waals surface area contributed by atoms with E-state index in [4.69, 9.17) is 10.2 Å². The Bertz CT molecular complexity index is 559. The summed E-state index contributed by atoms with van der Waals surface area (Å²) in [5.41, 5.74) is -5.95. The van der Waals surface area contributed by atoms with E-state index in [-0.39, 0.29) is 191 Å². The summed E-state index contributed by atoms with van der Waals surface area (Å²) in [6.45, 7) is 0. The van der Waals surface area contributed by atoms with Gasteiger partial charge in [0.1, 0.15) is 11.2 Å². The van der Waals surface area contributed by atoms with Gasteiger partial charge in [0.15, 0.2) is 0 Å². The first-order valence-corrected chi connectivity index (χ1v) is 6.23. The van der Waals surface area contributed by atoms with E-state index < -0.39 is 72.7 Å². The summed E-state index contributed by atoms with van der Waals surface area (Å²) < 4.78 is 0. The van der Waals surface area contributed by atoms with Gasteiger partial charge in [-0.15, -0.1) is 0 Å². The van der Waals surface area contributed by atoms with E-state index in [0.717, 1.165) is 0 Å². The Morgan fingerprint density at radius 1 is 0.500 bits per heavy atom. The number of aliphatic hydroxyl groups is 2. The smallest absolute Gasteiger partial charge is 1.00 e. The van der Waals surface area contributed by atoms with Gasteiger partial charge in [-0.25, -0.2) is 0 Å². The van der Waals surface area contributed by atoms with Crippen LogP contribution >= 0.6 is 0 Å². The molecule has 0 saturated heterocycles. The van der Waals surface area contributed by atoms with Gasteiger partial charge in [-0.05, 0) is 0 Å². The van der Waals surface area contributed by atoms with Gasteiger partial charge in [0, 0.05) is 49.6 Å². The van der Waals surface area contributed by atoms with Gasteiger partial charge in [0.2, 0.25) is 0 Å². The molecule has 0 heterocycles. The molecule has 0 atom stereocenters. The number of hydrogen-bond acceptors (Lipinski definition) is 14. The van der Waals surface area contributed by atoms with Gasteiger partial charge in [0.25, 0.3) is 0 Å². The Kier molecular flexibility index (Phi) is 46.5. The molecule has 0 unspecified atom stereocenters. The number of carboxylic acids is 6. The van der Waals surface area contributed by atoms with Crippen LogP contribution in [0.4, 0.5) is 0 Å². The van der Waals surface area contributed by atoms with Crippen molar-refractivity contribution in [1.82, 2.24) is 0 Å². The topological polar surface area (TPSA) is 281 Å². The van der Waals surface area contributed by atoms with Gasteiger partial charge < -0.3 is 78.2 Å². The van der Waals surface area contributed by atoms with Gasteiger partial charge >= 0.3 is 182 Å². The zero-order valence-corrected chi connectivity index (χ0v) is 27.7. The Morgan fingerprint density at radius 2 is 0.625 bits per heavy atom. The Hall–Kier alpha value is 2.82. The van der Waals surface area contributed by atoms with Crippen LogP contribution in [-0.4, -0.2) is 240 Å². The standard InChI is InChI=1S/2C6H8O7.3Ca.3Mg.6H/c2*7-3(8)1-6(13,5(11)12)2-4(9)10;;;;;;;;;;;;/h2*13H,1-2H2,(H,7,8)(H,9,10)(H,11,12);;;;;;;;;;;;/q;;6*+2;6*-1/p-6. The third-order valence-electron chi connectivity index (χ3n) is 2.51.